The Kier molecular flexibility index (Phi) is 4.19. The lowest BCUT2D eigenvalue weighted by Gasteiger charge is -2.27. The lowest BCUT2D eigenvalue weighted by molar-refractivity contribution is 0.231. The van der Waals surface area contributed by atoms with Gasteiger partial charge < -0.3 is 10.6 Å². The third-order valence-electron chi connectivity index (χ3n) is 3.90. The minimum atomic E-state index is 0.139. The van der Waals surface area contributed by atoms with Crippen molar-refractivity contribution in [2.75, 3.05) is 13.6 Å². The molecule has 2 N–H and O–H groups in total. The molecule has 1 atom stereocenters. The third-order valence-corrected chi connectivity index (χ3v) is 3.90. The van der Waals surface area contributed by atoms with E-state index in [0.29, 0.717) is 0 Å². The number of hydrogen-bond donors (Lipinski definition) is 1. The molecular formula is C15H24N2. The highest BCUT2D eigenvalue weighted by Gasteiger charge is 2.21. The van der Waals surface area contributed by atoms with Crippen LogP contribution in [0.15, 0.2) is 24.3 Å². The first-order valence-corrected chi connectivity index (χ1v) is 6.69. The average molecular weight is 232 g/mol. The van der Waals surface area contributed by atoms with Gasteiger partial charge in [0.25, 0.3) is 0 Å². The van der Waals surface area contributed by atoms with Gasteiger partial charge in [-0.3, -0.25) is 0 Å². The highest BCUT2D eigenvalue weighted by Crippen LogP contribution is 2.24. The number of hydrogen-bond acceptors (Lipinski definition) is 2. The summed E-state index contributed by atoms with van der Waals surface area (Å²) in [7, 11) is 2.21. The Morgan fingerprint density at radius 3 is 2.71 bits per heavy atom. The number of aryl methyl sites for hydroxylation is 1. The van der Waals surface area contributed by atoms with E-state index in [2.05, 4.69) is 43.1 Å². The second-order valence-corrected chi connectivity index (χ2v) is 5.40. The quantitative estimate of drug-likeness (QED) is 0.865. The van der Waals surface area contributed by atoms with Gasteiger partial charge in [-0.25, -0.2) is 0 Å². The van der Waals surface area contributed by atoms with E-state index < -0.39 is 0 Å². The topological polar surface area (TPSA) is 29.3 Å². The third kappa shape index (κ3) is 3.30. The first-order valence-electron chi connectivity index (χ1n) is 6.69. The summed E-state index contributed by atoms with van der Waals surface area (Å²) in [6.45, 7) is 3.09. The van der Waals surface area contributed by atoms with Crippen LogP contribution in [0.2, 0.25) is 0 Å². The molecule has 1 saturated carbocycles. The largest absolute Gasteiger partial charge is 0.323 e. The maximum absolute atomic E-state index is 6.29. The molecular weight excluding hydrogens is 208 g/mol. The Hall–Kier alpha value is -0.860. The van der Waals surface area contributed by atoms with Crippen molar-refractivity contribution in [1.29, 1.82) is 0 Å². The molecule has 17 heavy (non-hydrogen) atoms. The fourth-order valence-electron chi connectivity index (χ4n) is 2.81. The summed E-state index contributed by atoms with van der Waals surface area (Å²) in [6, 6.07) is 9.45. The molecule has 0 radical (unpaired) electrons. The van der Waals surface area contributed by atoms with Crippen LogP contribution in [0.4, 0.5) is 0 Å². The monoisotopic (exact) mass is 232 g/mol. The van der Waals surface area contributed by atoms with Crippen LogP contribution in [0.1, 0.15) is 42.9 Å². The molecule has 0 heterocycles. The van der Waals surface area contributed by atoms with Crippen molar-refractivity contribution in [2.24, 2.45) is 5.73 Å². The van der Waals surface area contributed by atoms with E-state index in [-0.39, 0.29) is 6.04 Å². The summed E-state index contributed by atoms with van der Waals surface area (Å²) in [6.07, 6.45) is 5.46. The van der Waals surface area contributed by atoms with Gasteiger partial charge in [0, 0.05) is 18.6 Å². The molecule has 0 aliphatic heterocycles. The molecule has 1 unspecified atom stereocenters. The molecule has 2 nitrogen and oxygen atoms in total. The van der Waals surface area contributed by atoms with Gasteiger partial charge in [0.1, 0.15) is 0 Å². The van der Waals surface area contributed by atoms with E-state index >= 15 is 0 Å². The van der Waals surface area contributed by atoms with Crippen molar-refractivity contribution in [3.05, 3.63) is 35.4 Å². The number of rotatable bonds is 4. The van der Waals surface area contributed by atoms with Crippen molar-refractivity contribution >= 4 is 0 Å². The molecule has 0 bridgehead atoms. The Balaban J connectivity index is 1.93. The summed E-state index contributed by atoms with van der Waals surface area (Å²) in [5.41, 5.74) is 8.84. The molecule has 2 rings (SSSR count). The first kappa shape index (κ1) is 12.6. The molecule has 1 aromatic rings. The van der Waals surface area contributed by atoms with E-state index in [1.54, 1.807) is 0 Å². The van der Waals surface area contributed by atoms with E-state index in [1.807, 2.05) is 0 Å². The van der Waals surface area contributed by atoms with Gasteiger partial charge in [-0.15, -0.1) is 0 Å². The number of nitrogens with two attached hydrogens (primary N) is 1. The SMILES string of the molecule is Cc1cccc(C(N)CN(C)C2CCCC2)c1. The minimum Gasteiger partial charge on any atom is -0.323 e. The average Bonchev–Trinajstić information content (AvgIpc) is 2.82. The smallest absolute Gasteiger partial charge is 0.0424 e. The molecule has 0 saturated heterocycles. The van der Waals surface area contributed by atoms with E-state index in [1.165, 1.54) is 36.8 Å². The van der Waals surface area contributed by atoms with Gasteiger partial charge in [-0.05, 0) is 32.4 Å². The second-order valence-electron chi connectivity index (χ2n) is 5.40. The van der Waals surface area contributed by atoms with Crippen molar-refractivity contribution in [2.45, 2.75) is 44.7 Å². The molecule has 1 aromatic carbocycles. The maximum Gasteiger partial charge on any atom is 0.0424 e. The second kappa shape index (κ2) is 5.65. The maximum atomic E-state index is 6.29. The molecule has 0 aromatic heterocycles. The summed E-state index contributed by atoms with van der Waals surface area (Å²) in [5, 5.41) is 0. The number of nitrogens with zero attached hydrogens (tertiary/aromatic N) is 1. The lowest BCUT2D eigenvalue weighted by Crippen LogP contribution is -2.35. The minimum absolute atomic E-state index is 0.139. The zero-order valence-corrected chi connectivity index (χ0v) is 11.0. The van der Waals surface area contributed by atoms with Crippen LogP contribution in [0.3, 0.4) is 0 Å². The van der Waals surface area contributed by atoms with Crippen LogP contribution in [-0.4, -0.2) is 24.5 Å². The van der Waals surface area contributed by atoms with E-state index in [0.717, 1.165) is 12.6 Å². The molecule has 1 fully saturated rings. The van der Waals surface area contributed by atoms with E-state index in [9.17, 15) is 0 Å². The molecule has 94 valence electrons. The van der Waals surface area contributed by atoms with Gasteiger partial charge in [0.15, 0.2) is 0 Å². The van der Waals surface area contributed by atoms with Gasteiger partial charge in [0.05, 0.1) is 0 Å². The Labute approximate surface area is 105 Å². The highest BCUT2D eigenvalue weighted by atomic mass is 15.1. The van der Waals surface area contributed by atoms with Crippen LogP contribution < -0.4 is 5.73 Å². The zero-order valence-electron chi connectivity index (χ0n) is 11.0. The zero-order chi connectivity index (χ0) is 12.3. The molecule has 1 aliphatic rings. The predicted molar refractivity (Wildman–Crippen MR) is 73.0 cm³/mol. The molecule has 0 spiro atoms. The summed E-state index contributed by atoms with van der Waals surface area (Å²) in [5.74, 6) is 0. The first-order chi connectivity index (χ1) is 8.16. The van der Waals surface area contributed by atoms with Gasteiger partial charge in [-0.2, -0.15) is 0 Å². The standard InChI is InChI=1S/C15H24N2/c1-12-6-5-7-13(10-12)15(16)11-17(2)14-8-3-4-9-14/h5-7,10,14-15H,3-4,8-9,11,16H2,1-2H3. The van der Waals surface area contributed by atoms with Crippen LogP contribution in [0.5, 0.6) is 0 Å². The summed E-state index contributed by atoms with van der Waals surface area (Å²) in [4.78, 5) is 2.44. The summed E-state index contributed by atoms with van der Waals surface area (Å²) >= 11 is 0. The van der Waals surface area contributed by atoms with Crippen LogP contribution in [0.25, 0.3) is 0 Å². The van der Waals surface area contributed by atoms with Crippen molar-refractivity contribution in [3.8, 4) is 0 Å². The Morgan fingerprint density at radius 2 is 2.06 bits per heavy atom. The van der Waals surface area contributed by atoms with Crippen LogP contribution in [0, 0.1) is 6.92 Å². The molecule has 1 aliphatic carbocycles. The molecule has 0 amide bonds. The fraction of sp³-hybridized carbons (Fsp3) is 0.600. The number of likely N-dealkylation sites (N-methyl/N-ethyl adjacent to an activating group) is 1. The van der Waals surface area contributed by atoms with Crippen molar-refractivity contribution < 1.29 is 0 Å². The van der Waals surface area contributed by atoms with Crippen molar-refractivity contribution in [3.63, 3.8) is 0 Å². The van der Waals surface area contributed by atoms with Crippen molar-refractivity contribution in [1.82, 2.24) is 4.90 Å². The van der Waals surface area contributed by atoms with Gasteiger partial charge >= 0.3 is 0 Å². The predicted octanol–water partition coefficient (Wildman–Crippen LogP) is 2.87. The van der Waals surface area contributed by atoms with Gasteiger partial charge in [-0.1, -0.05) is 42.7 Å². The van der Waals surface area contributed by atoms with Crippen LogP contribution in [-0.2, 0) is 0 Å². The summed E-state index contributed by atoms with van der Waals surface area (Å²) < 4.78 is 0. The fourth-order valence-corrected chi connectivity index (χ4v) is 2.81. The Morgan fingerprint density at radius 1 is 1.35 bits per heavy atom. The van der Waals surface area contributed by atoms with Crippen LogP contribution >= 0.6 is 0 Å². The number of benzene rings is 1. The van der Waals surface area contributed by atoms with Gasteiger partial charge in [0.2, 0.25) is 0 Å². The Bertz CT molecular complexity index is 356. The highest BCUT2D eigenvalue weighted by molar-refractivity contribution is 5.25. The molecule has 2 heteroatoms. The van der Waals surface area contributed by atoms with E-state index in [4.69, 9.17) is 5.73 Å². The normalized spacial score (nSPS) is 18.8. The lowest BCUT2D eigenvalue weighted by atomic mass is 10.0.